The van der Waals surface area contributed by atoms with Gasteiger partial charge in [-0.15, -0.1) is 5.10 Å². The van der Waals surface area contributed by atoms with E-state index in [0.29, 0.717) is 29.0 Å². The summed E-state index contributed by atoms with van der Waals surface area (Å²) in [4.78, 5) is 36.9. The van der Waals surface area contributed by atoms with Gasteiger partial charge in [-0.3, -0.25) is 4.79 Å². The smallest absolute Gasteiger partial charge is 0.475 e. The number of carboxylic acid groups (broad SMARTS) is 1. The van der Waals surface area contributed by atoms with E-state index in [1.54, 1.807) is 9.58 Å². The fourth-order valence-electron chi connectivity index (χ4n) is 6.08. The van der Waals surface area contributed by atoms with Crippen LogP contribution in [0, 0.1) is 6.92 Å². The van der Waals surface area contributed by atoms with Gasteiger partial charge >= 0.3 is 12.1 Å². The molecule has 258 valence electrons. The number of aryl methyl sites for hydroxylation is 2. The van der Waals surface area contributed by atoms with Crippen molar-refractivity contribution in [1.82, 2.24) is 34.8 Å². The number of pyridine rings is 1. The number of fused-ring (bicyclic) bond motifs is 4. The van der Waals surface area contributed by atoms with Gasteiger partial charge in [0.2, 0.25) is 0 Å². The summed E-state index contributed by atoms with van der Waals surface area (Å²) < 4.78 is 53.4. The molecule has 5 heterocycles. The van der Waals surface area contributed by atoms with Crippen LogP contribution in [-0.4, -0.2) is 70.1 Å². The van der Waals surface area contributed by atoms with Crippen molar-refractivity contribution in [2.45, 2.75) is 50.9 Å². The molecule has 2 atom stereocenters. The maximum atomic E-state index is 13.8. The van der Waals surface area contributed by atoms with E-state index >= 15 is 0 Å². The Hall–Kier alpha value is -5.93. The molecule has 1 amide bonds. The first-order chi connectivity index (χ1) is 23.8. The number of nitrogens with one attached hydrogen (secondary N) is 1. The van der Waals surface area contributed by atoms with Gasteiger partial charge in [-0.1, -0.05) is 17.9 Å². The van der Waals surface area contributed by atoms with Crippen molar-refractivity contribution in [3.8, 4) is 11.5 Å². The van der Waals surface area contributed by atoms with E-state index in [1.807, 2.05) is 68.6 Å². The number of carbonyl (C=O) groups is 2. The second kappa shape index (κ2) is 13.5. The number of hydrogen-bond donors (Lipinski definition) is 2. The molecule has 2 aliphatic heterocycles. The molecular formula is C34H30F4N8O4. The quantitative estimate of drug-likeness (QED) is 0.144. The Labute approximate surface area is 282 Å². The highest BCUT2D eigenvalue weighted by atomic mass is 19.4. The van der Waals surface area contributed by atoms with E-state index in [4.69, 9.17) is 19.6 Å². The molecule has 0 radical (unpaired) electrons. The Morgan fingerprint density at radius 1 is 1.06 bits per heavy atom. The molecule has 0 spiro atoms. The lowest BCUT2D eigenvalue weighted by Crippen LogP contribution is -2.51. The summed E-state index contributed by atoms with van der Waals surface area (Å²) >= 11 is 0. The lowest BCUT2D eigenvalue weighted by molar-refractivity contribution is -0.192. The lowest BCUT2D eigenvalue weighted by Gasteiger charge is -2.44. The minimum absolute atomic E-state index is 0.0767. The van der Waals surface area contributed by atoms with E-state index < -0.39 is 23.9 Å². The minimum atomic E-state index is -5.08. The third-order valence-electron chi connectivity index (χ3n) is 8.40. The van der Waals surface area contributed by atoms with Crippen molar-refractivity contribution in [3.63, 3.8) is 0 Å². The van der Waals surface area contributed by atoms with Crippen molar-refractivity contribution in [2.24, 2.45) is 7.05 Å². The largest absolute Gasteiger partial charge is 0.490 e. The van der Waals surface area contributed by atoms with Crippen LogP contribution in [0.2, 0.25) is 0 Å². The van der Waals surface area contributed by atoms with E-state index in [1.165, 1.54) is 6.33 Å². The second-order valence-corrected chi connectivity index (χ2v) is 11.8. The molecule has 2 aromatic carbocycles. The normalized spacial score (nSPS) is 17.1. The molecule has 0 aliphatic carbocycles. The fourth-order valence-corrected chi connectivity index (χ4v) is 6.08. The number of benzene rings is 2. The number of hydrogen-bond acceptors (Lipinski definition) is 9. The predicted molar refractivity (Wildman–Crippen MR) is 175 cm³/mol. The number of nitrogens with zero attached hydrogens (tertiary/aromatic N) is 7. The Morgan fingerprint density at radius 3 is 2.54 bits per heavy atom. The number of alkyl halides is 3. The average molecular weight is 691 g/mol. The molecule has 3 aromatic heterocycles. The number of carboxylic acids is 1. The van der Waals surface area contributed by atoms with Crippen LogP contribution in [0.3, 0.4) is 0 Å². The summed E-state index contributed by atoms with van der Waals surface area (Å²) in [5, 5.41) is 18.7. The molecular weight excluding hydrogens is 660 g/mol. The first-order valence-corrected chi connectivity index (χ1v) is 15.4. The van der Waals surface area contributed by atoms with Gasteiger partial charge in [0, 0.05) is 24.8 Å². The molecule has 7 rings (SSSR count). The SMILES string of the molecule is C=C(F)C(=O)N1C2C=C(c3ccc4ncnc(Nc5ccc(Oc6ccc7c(c6)nnn7C)c(C)c5)c4n3)CC1CCC2.O=C(O)C(F)(F)F. The molecule has 12 nitrogen and oxygen atoms in total. The van der Waals surface area contributed by atoms with Crippen molar-refractivity contribution in [1.29, 1.82) is 0 Å². The molecule has 0 saturated carbocycles. The predicted octanol–water partition coefficient (Wildman–Crippen LogP) is 6.80. The highest BCUT2D eigenvalue weighted by Gasteiger charge is 2.39. The van der Waals surface area contributed by atoms with Crippen LogP contribution in [0.25, 0.3) is 27.6 Å². The molecule has 2 aliphatic rings. The molecule has 5 aromatic rings. The summed E-state index contributed by atoms with van der Waals surface area (Å²) in [6.45, 7) is 5.21. The highest BCUT2D eigenvalue weighted by Crippen LogP contribution is 2.38. The number of anilines is 2. The number of halogens is 4. The van der Waals surface area contributed by atoms with Crippen LogP contribution >= 0.6 is 0 Å². The summed E-state index contributed by atoms with van der Waals surface area (Å²) in [5.74, 6) is -2.31. The van der Waals surface area contributed by atoms with Crippen molar-refractivity contribution in [2.75, 3.05) is 5.32 Å². The summed E-state index contributed by atoms with van der Waals surface area (Å²) in [6, 6.07) is 15.2. The number of ether oxygens (including phenoxy) is 1. The Morgan fingerprint density at radius 2 is 1.84 bits per heavy atom. The number of carbonyl (C=O) groups excluding carboxylic acids is 1. The van der Waals surface area contributed by atoms with Crippen LogP contribution in [0.1, 0.15) is 36.9 Å². The standard InChI is InChI=1S/C32H29FN8O2.C2HF3O2/c1-18-13-21(7-12-29(18)43-24-8-11-28-27(16-24)38-39-40(28)3)36-31-30-26(34-17-35-31)10-9-25(37-30)20-14-22-5-4-6-23(15-20)41(22)32(42)19(2)33;3-2(4,5)1(6)7/h7-14,16-17,22-23H,2,4-6,15H2,1,3H3,(H,34,35,36);(H,6,7). The Balaban J connectivity index is 0.000000561. The average Bonchev–Trinajstić information content (AvgIpc) is 3.44. The van der Waals surface area contributed by atoms with Crippen molar-refractivity contribution in [3.05, 3.63) is 84.6 Å². The van der Waals surface area contributed by atoms with Gasteiger partial charge in [-0.2, -0.15) is 13.2 Å². The van der Waals surface area contributed by atoms with Crippen molar-refractivity contribution >= 4 is 51.0 Å². The van der Waals surface area contributed by atoms with E-state index in [2.05, 4.69) is 32.2 Å². The van der Waals surface area contributed by atoms with Crippen LogP contribution < -0.4 is 10.1 Å². The van der Waals surface area contributed by atoms with Crippen LogP contribution in [0.5, 0.6) is 11.5 Å². The lowest BCUT2D eigenvalue weighted by atomic mass is 9.83. The zero-order valence-electron chi connectivity index (χ0n) is 26.8. The second-order valence-electron chi connectivity index (χ2n) is 11.8. The first kappa shape index (κ1) is 34.0. The highest BCUT2D eigenvalue weighted by molar-refractivity contribution is 5.92. The fraction of sp³-hybridized carbons (Fsp3) is 0.265. The summed E-state index contributed by atoms with van der Waals surface area (Å²) in [6.07, 6.45) is 1.69. The molecule has 2 bridgehead atoms. The van der Waals surface area contributed by atoms with Gasteiger partial charge in [0.25, 0.3) is 5.91 Å². The monoisotopic (exact) mass is 690 g/mol. The molecule has 50 heavy (non-hydrogen) atoms. The van der Waals surface area contributed by atoms with Gasteiger partial charge < -0.3 is 20.1 Å². The summed E-state index contributed by atoms with van der Waals surface area (Å²) in [7, 11) is 1.85. The topological polar surface area (TPSA) is 148 Å². The Kier molecular flexibility index (Phi) is 9.18. The number of amides is 1. The van der Waals surface area contributed by atoms with Gasteiger partial charge in [0.1, 0.15) is 28.9 Å². The number of aliphatic carboxylic acids is 1. The maximum absolute atomic E-state index is 13.8. The summed E-state index contributed by atoms with van der Waals surface area (Å²) in [5.41, 5.74) is 6.64. The molecule has 2 unspecified atom stereocenters. The minimum Gasteiger partial charge on any atom is -0.475 e. The number of rotatable bonds is 6. The maximum Gasteiger partial charge on any atom is 0.490 e. The van der Waals surface area contributed by atoms with Crippen LogP contribution in [0.15, 0.2) is 73.3 Å². The molecule has 1 saturated heterocycles. The van der Waals surface area contributed by atoms with Gasteiger partial charge in [-0.25, -0.2) is 28.8 Å². The third kappa shape index (κ3) is 7.09. The Bertz CT molecular complexity index is 2170. The number of aromatic nitrogens is 6. The van der Waals surface area contributed by atoms with Gasteiger partial charge in [0.05, 0.1) is 22.8 Å². The van der Waals surface area contributed by atoms with Gasteiger partial charge in [-0.05, 0) is 86.2 Å². The first-order valence-electron chi connectivity index (χ1n) is 15.4. The molecule has 2 N–H and O–H groups in total. The number of piperidine rings is 1. The van der Waals surface area contributed by atoms with E-state index in [0.717, 1.165) is 58.6 Å². The zero-order chi connectivity index (χ0) is 35.7. The van der Waals surface area contributed by atoms with Crippen LogP contribution in [-0.2, 0) is 16.6 Å². The zero-order valence-corrected chi connectivity index (χ0v) is 26.8. The van der Waals surface area contributed by atoms with Crippen LogP contribution in [0.4, 0.5) is 29.1 Å². The van der Waals surface area contributed by atoms with E-state index in [-0.39, 0.29) is 12.1 Å². The molecule has 1 fully saturated rings. The third-order valence-corrected chi connectivity index (χ3v) is 8.40. The van der Waals surface area contributed by atoms with Crippen molar-refractivity contribution < 1.29 is 37.0 Å². The van der Waals surface area contributed by atoms with E-state index in [9.17, 15) is 22.4 Å². The van der Waals surface area contributed by atoms with Gasteiger partial charge in [0.15, 0.2) is 11.6 Å². The molecule has 16 heteroatoms.